The van der Waals surface area contributed by atoms with Crippen molar-refractivity contribution in [1.29, 1.82) is 0 Å². The zero-order chi connectivity index (χ0) is 25.4. The minimum Gasteiger partial charge on any atom is -0.495 e. The molecule has 3 N–H and O–H groups in total. The van der Waals surface area contributed by atoms with Crippen molar-refractivity contribution in [3.8, 4) is 5.75 Å². The number of anilines is 1. The number of carbonyl (C=O) groups excluding carboxylic acids is 2. The van der Waals surface area contributed by atoms with Gasteiger partial charge in [0.05, 0.1) is 18.8 Å². The van der Waals surface area contributed by atoms with Gasteiger partial charge in [0.2, 0.25) is 21.8 Å². The molecule has 1 heterocycles. The Morgan fingerprint density at radius 2 is 1.74 bits per heavy atom. The van der Waals surface area contributed by atoms with Gasteiger partial charge < -0.3 is 15.4 Å². The van der Waals surface area contributed by atoms with Gasteiger partial charge >= 0.3 is 0 Å². The highest BCUT2D eigenvalue weighted by molar-refractivity contribution is 7.89. The second-order valence-electron chi connectivity index (χ2n) is 7.90. The summed E-state index contributed by atoms with van der Waals surface area (Å²) in [7, 11) is -2.89. The van der Waals surface area contributed by atoms with Gasteiger partial charge in [0.15, 0.2) is 0 Å². The van der Waals surface area contributed by atoms with Gasteiger partial charge in [0, 0.05) is 18.8 Å². The number of sulfonamides is 1. The molecule has 10 heteroatoms. The van der Waals surface area contributed by atoms with Gasteiger partial charge in [0.1, 0.15) is 16.7 Å². The van der Waals surface area contributed by atoms with Crippen LogP contribution >= 0.6 is 0 Å². The summed E-state index contributed by atoms with van der Waals surface area (Å²) in [5.41, 5.74) is 1.71. The fourth-order valence-corrected chi connectivity index (χ4v) is 4.87. The van der Waals surface area contributed by atoms with Crippen molar-refractivity contribution in [3.63, 3.8) is 0 Å². The van der Waals surface area contributed by atoms with Crippen molar-refractivity contribution in [1.82, 2.24) is 15.0 Å². The highest BCUT2D eigenvalue weighted by Crippen LogP contribution is 2.27. The molecule has 0 bridgehead atoms. The van der Waals surface area contributed by atoms with Crippen molar-refractivity contribution in [2.24, 2.45) is 0 Å². The molecule has 0 fully saturated rings. The van der Waals surface area contributed by atoms with Crippen molar-refractivity contribution in [2.75, 3.05) is 12.4 Å². The van der Waals surface area contributed by atoms with E-state index in [1.165, 1.54) is 32.2 Å². The van der Waals surface area contributed by atoms with E-state index < -0.39 is 28.0 Å². The minimum absolute atomic E-state index is 0.0762. The molecule has 3 rings (SSSR count). The van der Waals surface area contributed by atoms with Crippen LogP contribution in [0.4, 0.5) is 5.69 Å². The molecule has 2 amide bonds. The van der Waals surface area contributed by atoms with E-state index in [2.05, 4.69) is 20.3 Å². The molecule has 0 saturated carbocycles. The van der Waals surface area contributed by atoms with Crippen LogP contribution in [-0.4, -0.2) is 38.4 Å². The third kappa shape index (κ3) is 7.11. The molecule has 0 unspecified atom stereocenters. The summed E-state index contributed by atoms with van der Waals surface area (Å²) in [5, 5.41) is 5.40. The number of methoxy groups -OCH3 is 1. The van der Waals surface area contributed by atoms with Crippen LogP contribution in [-0.2, 0) is 26.0 Å². The highest BCUT2D eigenvalue weighted by Gasteiger charge is 2.29. The van der Waals surface area contributed by atoms with E-state index in [4.69, 9.17) is 4.74 Å². The normalized spacial score (nSPS) is 12.9. The number of amides is 2. The summed E-state index contributed by atoms with van der Waals surface area (Å²) >= 11 is 0. The van der Waals surface area contributed by atoms with Gasteiger partial charge in [-0.15, -0.1) is 0 Å². The first-order chi connectivity index (χ1) is 16.7. The van der Waals surface area contributed by atoms with E-state index in [1.807, 2.05) is 36.4 Å². The maximum atomic E-state index is 13.4. The molecule has 35 heavy (non-hydrogen) atoms. The third-order valence-electron chi connectivity index (χ3n) is 5.16. The molecule has 0 aliphatic heterocycles. The van der Waals surface area contributed by atoms with E-state index in [1.54, 1.807) is 25.3 Å². The van der Waals surface area contributed by atoms with E-state index in [0.29, 0.717) is 5.69 Å². The van der Waals surface area contributed by atoms with Crippen LogP contribution in [0.15, 0.2) is 77.8 Å². The molecule has 0 saturated heterocycles. The van der Waals surface area contributed by atoms with Crippen LogP contribution in [0.5, 0.6) is 5.75 Å². The molecule has 0 radical (unpaired) electrons. The summed E-state index contributed by atoms with van der Waals surface area (Å²) in [6.07, 6.45) is 1.74. The highest BCUT2D eigenvalue weighted by atomic mass is 32.2. The van der Waals surface area contributed by atoms with Gasteiger partial charge in [-0.05, 0) is 49.2 Å². The Morgan fingerprint density at radius 3 is 2.37 bits per heavy atom. The lowest BCUT2D eigenvalue weighted by Gasteiger charge is -2.22. The molecule has 3 aromatic rings. The number of hydrogen-bond donors (Lipinski definition) is 3. The summed E-state index contributed by atoms with van der Waals surface area (Å²) in [4.78, 5) is 28.8. The first-order valence-corrected chi connectivity index (χ1v) is 12.4. The van der Waals surface area contributed by atoms with Crippen molar-refractivity contribution in [3.05, 3.63) is 84.2 Å². The number of nitrogens with one attached hydrogen (secondary N) is 3. The van der Waals surface area contributed by atoms with Gasteiger partial charge in [0.25, 0.3) is 0 Å². The number of rotatable bonds is 10. The van der Waals surface area contributed by atoms with Crippen LogP contribution in [0, 0.1) is 0 Å². The number of pyridine rings is 1. The Morgan fingerprint density at radius 1 is 1.03 bits per heavy atom. The van der Waals surface area contributed by atoms with Crippen LogP contribution < -0.4 is 20.1 Å². The smallest absolute Gasteiger partial charge is 0.245 e. The largest absolute Gasteiger partial charge is 0.495 e. The standard InChI is InChI=1S/C25H28N4O5S/c1-17(21-11-7-8-14-26-21)27-25(31)22(15-19-9-5-4-6-10-19)29-35(32,33)24-16-20(28-18(2)30)12-13-23(24)34-3/h4-14,16-17,22,29H,15H2,1-3H3,(H,27,31)(H,28,30)/t17-,22+/m0/s1. The lowest BCUT2D eigenvalue weighted by atomic mass is 10.1. The van der Waals surface area contributed by atoms with E-state index in [0.717, 1.165) is 5.56 Å². The van der Waals surface area contributed by atoms with Gasteiger partial charge in [-0.3, -0.25) is 14.6 Å². The maximum absolute atomic E-state index is 13.4. The van der Waals surface area contributed by atoms with Crippen molar-refractivity contribution in [2.45, 2.75) is 37.2 Å². The average Bonchev–Trinajstić information content (AvgIpc) is 2.84. The first kappa shape index (κ1) is 25.9. The summed E-state index contributed by atoms with van der Waals surface area (Å²) in [6.45, 7) is 3.09. The SMILES string of the molecule is COc1ccc(NC(C)=O)cc1S(=O)(=O)N[C@H](Cc1ccccc1)C(=O)N[C@@H](C)c1ccccn1. The summed E-state index contributed by atoms with van der Waals surface area (Å²) in [6, 6.07) is 17.1. The molecule has 9 nitrogen and oxygen atoms in total. The zero-order valence-corrected chi connectivity index (χ0v) is 20.5. The molecule has 2 atom stereocenters. The molecule has 184 valence electrons. The number of ether oxygens (including phenoxy) is 1. The second kappa shape index (κ2) is 11.6. The minimum atomic E-state index is -4.23. The number of hydrogen-bond acceptors (Lipinski definition) is 6. The molecular formula is C25H28N4O5S. The van der Waals surface area contributed by atoms with Crippen LogP contribution in [0.1, 0.15) is 31.1 Å². The molecule has 0 aliphatic carbocycles. The Hall–Kier alpha value is -3.76. The van der Waals surface area contributed by atoms with E-state index >= 15 is 0 Å². The molecule has 0 spiro atoms. The molecule has 2 aromatic carbocycles. The monoisotopic (exact) mass is 496 g/mol. The number of benzene rings is 2. The Kier molecular flexibility index (Phi) is 8.56. The molecule has 0 aliphatic rings. The topological polar surface area (TPSA) is 126 Å². The Bertz CT molecular complexity index is 1270. The van der Waals surface area contributed by atoms with E-state index in [9.17, 15) is 18.0 Å². The lowest BCUT2D eigenvalue weighted by molar-refractivity contribution is -0.123. The molecule has 1 aromatic heterocycles. The number of nitrogens with zero attached hydrogens (tertiary/aromatic N) is 1. The van der Waals surface area contributed by atoms with Gasteiger partial charge in [-0.2, -0.15) is 4.72 Å². The Balaban J connectivity index is 1.91. The van der Waals surface area contributed by atoms with Crippen LogP contribution in [0.2, 0.25) is 0 Å². The van der Waals surface area contributed by atoms with Crippen molar-refractivity contribution >= 4 is 27.5 Å². The lowest BCUT2D eigenvalue weighted by Crippen LogP contribution is -2.48. The summed E-state index contributed by atoms with van der Waals surface area (Å²) in [5.74, 6) is -0.781. The number of aromatic nitrogens is 1. The summed E-state index contributed by atoms with van der Waals surface area (Å²) < 4.78 is 34.6. The van der Waals surface area contributed by atoms with Crippen molar-refractivity contribution < 1.29 is 22.7 Å². The quantitative estimate of drug-likeness (QED) is 0.396. The maximum Gasteiger partial charge on any atom is 0.245 e. The van der Waals surface area contributed by atoms with Gasteiger partial charge in [-0.25, -0.2) is 8.42 Å². The van der Waals surface area contributed by atoms with Crippen LogP contribution in [0.25, 0.3) is 0 Å². The zero-order valence-electron chi connectivity index (χ0n) is 19.7. The predicted molar refractivity (Wildman–Crippen MR) is 132 cm³/mol. The Labute approximate surface area is 205 Å². The van der Waals surface area contributed by atoms with Crippen LogP contribution in [0.3, 0.4) is 0 Å². The predicted octanol–water partition coefficient (Wildman–Crippen LogP) is 2.82. The fourth-order valence-electron chi connectivity index (χ4n) is 3.48. The first-order valence-electron chi connectivity index (χ1n) is 10.9. The fraction of sp³-hybridized carbons (Fsp3) is 0.240. The van der Waals surface area contributed by atoms with Gasteiger partial charge in [-0.1, -0.05) is 36.4 Å². The van der Waals surface area contributed by atoms with E-state index in [-0.39, 0.29) is 28.7 Å². The third-order valence-corrected chi connectivity index (χ3v) is 6.65. The molecular weight excluding hydrogens is 468 g/mol. The number of carbonyl (C=O) groups is 2. The second-order valence-corrected chi connectivity index (χ2v) is 9.58. The average molecular weight is 497 g/mol.